The second kappa shape index (κ2) is 4.63. The van der Waals surface area contributed by atoms with Crippen LogP contribution in [0.15, 0.2) is 4.47 Å². The Kier molecular flexibility index (Phi) is 3.43. The monoisotopic (exact) mass is 274 g/mol. The van der Waals surface area contributed by atoms with Gasteiger partial charge < -0.3 is 9.47 Å². The fraction of sp³-hybridized carbons (Fsp3) is 0.700. The van der Waals surface area contributed by atoms with E-state index in [-0.39, 0.29) is 6.10 Å². The molecule has 0 unspecified atom stereocenters. The van der Waals surface area contributed by atoms with E-state index in [2.05, 4.69) is 28.0 Å². The van der Waals surface area contributed by atoms with E-state index in [9.17, 15) is 0 Å². The fourth-order valence-electron chi connectivity index (χ4n) is 1.51. The molecular formula is C10H15BrN2O2. The quantitative estimate of drug-likeness (QED) is 0.842. The molecule has 0 N–H and O–H groups in total. The van der Waals surface area contributed by atoms with Crippen molar-refractivity contribution in [3.63, 3.8) is 0 Å². The molecule has 0 spiro atoms. The highest BCUT2D eigenvalue weighted by Crippen LogP contribution is 2.22. The van der Waals surface area contributed by atoms with Gasteiger partial charge >= 0.3 is 0 Å². The lowest BCUT2D eigenvalue weighted by atomic mass is 10.3. The van der Waals surface area contributed by atoms with Gasteiger partial charge in [0, 0.05) is 6.54 Å². The van der Waals surface area contributed by atoms with Crippen LogP contribution in [-0.2, 0) is 22.6 Å². The number of halogens is 1. The highest BCUT2D eigenvalue weighted by Gasteiger charge is 2.20. The van der Waals surface area contributed by atoms with Crippen LogP contribution in [0.1, 0.15) is 18.3 Å². The number of aryl methyl sites for hydroxylation is 2. The van der Waals surface area contributed by atoms with Crippen LogP contribution >= 0.6 is 15.9 Å². The Bertz CT molecular complexity index is 347. The first-order valence-electron chi connectivity index (χ1n) is 5.13. The number of aromatic nitrogens is 2. The molecule has 1 saturated heterocycles. The topological polar surface area (TPSA) is 36.3 Å². The van der Waals surface area contributed by atoms with E-state index in [4.69, 9.17) is 9.47 Å². The first-order valence-corrected chi connectivity index (χ1v) is 5.92. The van der Waals surface area contributed by atoms with Crippen molar-refractivity contribution in [2.45, 2.75) is 33.1 Å². The zero-order valence-corrected chi connectivity index (χ0v) is 10.6. The lowest BCUT2D eigenvalue weighted by Crippen LogP contribution is -2.36. The highest BCUT2D eigenvalue weighted by atomic mass is 79.9. The third kappa shape index (κ3) is 2.24. The Morgan fingerprint density at radius 2 is 2.33 bits per heavy atom. The summed E-state index contributed by atoms with van der Waals surface area (Å²) >= 11 is 3.54. The van der Waals surface area contributed by atoms with Crippen LogP contribution in [0.2, 0.25) is 0 Å². The summed E-state index contributed by atoms with van der Waals surface area (Å²) in [6.45, 7) is 6.98. The minimum absolute atomic E-state index is 0.261. The molecule has 5 heteroatoms. The Labute approximate surface area is 97.7 Å². The molecule has 0 saturated carbocycles. The van der Waals surface area contributed by atoms with E-state index in [1.165, 1.54) is 0 Å². The van der Waals surface area contributed by atoms with Gasteiger partial charge in [0.25, 0.3) is 0 Å². The summed E-state index contributed by atoms with van der Waals surface area (Å²) in [5.74, 6) is 0. The van der Waals surface area contributed by atoms with Crippen LogP contribution in [0.5, 0.6) is 0 Å². The van der Waals surface area contributed by atoms with Gasteiger partial charge in [0.15, 0.2) is 0 Å². The molecule has 1 aromatic rings. The maximum Gasteiger partial charge on any atom is 0.105 e. The minimum Gasteiger partial charge on any atom is -0.376 e. The Morgan fingerprint density at radius 1 is 1.60 bits per heavy atom. The van der Waals surface area contributed by atoms with E-state index in [0.29, 0.717) is 6.61 Å². The number of hydrogen-bond donors (Lipinski definition) is 0. The molecule has 15 heavy (non-hydrogen) atoms. The first-order chi connectivity index (χ1) is 7.22. The van der Waals surface area contributed by atoms with Crippen molar-refractivity contribution >= 4 is 15.9 Å². The molecule has 84 valence electrons. The van der Waals surface area contributed by atoms with Crippen molar-refractivity contribution in [2.24, 2.45) is 0 Å². The summed E-state index contributed by atoms with van der Waals surface area (Å²) in [4.78, 5) is 0. The molecule has 0 amide bonds. The highest BCUT2D eigenvalue weighted by molar-refractivity contribution is 9.10. The van der Waals surface area contributed by atoms with Crippen molar-refractivity contribution in [1.82, 2.24) is 9.78 Å². The molecule has 2 rings (SSSR count). The molecule has 1 aromatic heterocycles. The molecule has 1 aliphatic heterocycles. The third-order valence-corrected chi connectivity index (χ3v) is 3.55. The van der Waals surface area contributed by atoms with Crippen LogP contribution in [0.3, 0.4) is 0 Å². The SMILES string of the molecule is CCn1nc(C)c(Br)c1COC1COC1. The molecular weight excluding hydrogens is 260 g/mol. The Morgan fingerprint density at radius 3 is 2.87 bits per heavy atom. The summed E-state index contributed by atoms with van der Waals surface area (Å²) < 4.78 is 13.8. The van der Waals surface area contributed by atoms with Crippen LogP contribution in [0.25, 0.3) is 0 Å². The second-order valence-electron chi connectivity index (χ2n) is 3.63. The molecule has 1 aliphatic rings. The zero-order chi connectivity index (χ0) is 10.8. The number of rotatable bonds is 4. The summed E-state index contributed by atoms with van der Waals surface area (Å²) in [5.41, 5.74) is 2.13. The van der Waals surface area contributed by atoms with Crippen LogP contribution in [0.4, 0.5) is 0 Å². The standard InChI is InChI=1S/C10H15BrN2O2/c1-3-13-9(10(11)7(2)12-13)6-15-8-4-14-5-8/h8H,3-6H2,1-2H3. The van der Waals surface area contributed by atoms with Gasteiger partial charge in [-0.2, -0.15) is 5.10 Å². The van der Waals surface area contributed by atoms with Crippen molar-refractivity contribution < 1.29 is 9.47 Å². The van der Waals surface area contributed by atoms with Crippen molar-refractivity contribution in [1.29, 1.82) is 0 Å². The van der Waals surface area contributed by atoms with Crippen LogP contribution in [-0.4, -0.2) is 29.1 Å². The number of hydrogen-bond acceptors (Lipinski definition) is 3. The largest absolute Gasteiger partial charge is 0.376 e. The summed E-state index contributed by atoms with van der Waals surface area (Å²) in [6, 6.07) is 0. The molecule has 1 fully saturated rings. The summed E-state index contributed by atoms with van der Waals surface area (Å²) in [5, 5.41) is 4.41. The second-order valence-corrected chi connectivity index (χ2v) is 4.43. The maximum absolute atomic E-state index is 5.68. The van der Waals surface area contributed by atoms with Gasteiger partial charge in [-0.3, -0.25) is 4.68 Å². The number of nitrogens with zero attached hydrogens (tertiary/aromatic N) is 2. The lowest BCUT2D eigenvalue weighted by Gasteiger charge is -2.26. The Hall–Kier alpha value is -0.390. The van der Waals surface area contributed by atoms with Crippen molar-refractivity contribution in [3.05, 3.63) is 15.9 Å². The Balaban J connectivity index is 2.04. The smallest absolute Gasteiger partial charge is 0.105 e. The molecule has 2 heterocycles. The van der Waals surface area contributed by atoms with Gasteiger partial charge in [-0.15, -0.1) is 0 Å². The van der Waals surface area contributed by atoms with Crippen molar-refractivity contribution in [3.8, 4) is 0 Å². The van der Waals surface area contributed by atoms with Gasteiger partial charge in [-0.25, -0.2) is 0 Å². The predicted molar refractivity (Wildman–Crippen MR) is 59.7 cm³/mol. The normalized spacial score (nSPS) is 16.7. The molecule has 4 nitrogen and oxygen atoms in total. The zero-order valence-electron chi connectivity index (χ0n) is 8.99. The molecule has 0 atom stereocenters. The summed E-state index contributed by atoms with van der Waals surface area (Å²) in [7, 11) is 0. The van der Waals surface area contributed by atoms with E-state index < -0.39 is 0 Å². The van der Waals surface area contributed by atoms with E-state index >= 15 is 0 Å². The maximum atomic E-state index is 5.68. The average Bonchev–Trinajstić information content (AvgIpc) is 2.42. The summed E-state index contributed by atoms with van der Waals surface area (Å²) in [6.07, 6.45) is 0.261. The molecule has 0 radical (unpaired) electrons. The molecule has 0 bridgehead atoms. The average molecular weight is 275 g/mol. The van der Waals surface area contributed by atoms with Gasteiger partial charge in [0.2, 0.25) is 0 Å². The van der Waals surface area contributed by atoms with E-state index in [0.717, 1.165) is 35.6 Å². The fourth-order valence-corrected chi connectivity index (χ4v) is 1.91. The van der Waals surface area contributed by atoms with Crippen LogP contribution in [0, 0.1) is 6.92 Å². The van der Waals surface area contributed by atoms with Gasteiger partial charge in [0.05, 0.1) is 35.7 Å². The van der Waals surface area contributed by atoms with E-state index in [1.54, 1.807) is 0 Å². The number of ether oxygens (including phenoxy) is 2. The molecule has 0 aromatic carbocycles. The molecule has 0 aliphatic carbocycles. The van der Waals surface area contributed by atoms with Crippen molar-refractivity contribution in [2.75, 3.05) is 13.2 Å². The third-order valence-electron chi connectivity index (χ3n) is 2.52. The van der Waals surface area contributed by atoms with Gasteiger partial charge in [0.1, 0.15) is 6.10 Å². The van der Waals surface area contributed by atoms with Gasteiger partial charge in [-0.05, 0) is 29.8 Å². The van der Waals surface area contributed by atoms with Gasteiger partial charge in [-0.1, -0.05) is 0 Å². The van der Waals surface area contributed by atoms with Crippen LogP contribution < -0.4 is 0 Å². The first kappa shape index (κ1) is 11.1. The lowest BCUT2D eigenvalue weighted by molar-refractivity contribution is -0.136. The predicted octanol–water partition coefficient (Wildman–Crippen LogP) is 1.89. The minimum atomic E-state index is 0.261. The van der Waals surface area contributed by atoms with E-state index in [1.807, 2.05) is 11.6 Å².